The third-order valence-electron chi connectivity index (χ3n) is 4.44. The van der Waals surface area contributed by atoms with Gasteiger partial charge in [-0.3, -0.25) is 4.79 Å². The third kappa shape index (κ3) is 5.12. The lowest BCUT2D eigenvalue weighted by Crippen LogP contribution is -3.12. The van der Waals surface area contributed by atoms with E-state index in [1.54, 1.807) is 37.3 Å². The maximum absolute atomic E-state index is 13.8. The van der Waals surface area contributed by atoms with Crippen LogP contribution in [-0.4, -0.2) is 45.8 Å². The predicted molar refractivity (Wildman–Crippen MR) is 102 cm³/mol. The SMILES string of the molecule is C[C@H](C(=O)Nc1cccc(S(=O)(=O)N(C)C)c1)[NH+](C)Cc1ccccc1F. The Labute approximate surface area is 159 Å². The van der Waals surface area contributed by atoms with Crippen LogP contribution in [0.1, 0.15) is 12.5 Å². The molecule has 0 bridgehead atoms. The summed E-state index contributed by atoms with van der Waals surface area (Å²) in [6.07, 6.45) is 0. The van der Waals surface area contributed by atoms with Crippen LogP contribution < -0.4 is 10.2 Å². The van der Waals surface area contributed by atoms with Gasteiger partial charge in [0.25, 0.3) is 5.91 Å². The van der Waals surface area contributed by atoms with E-state index in [2.05, 4.69) is 5.32 Å². The van der Waals surface area contributed by atoms with Crippen LogP contribution >= 0.6 is 0 Å². The van der Waals surface area contributed by atoms with Gasteiger partial charge in [-0.2, -0.15) is 0 Å². The second-order valence-electron chi connectivity index (χ2n) is 6.64. The van der Waals surface area contributed by atoms with Gasteiger partial charge >= 0.3 is 0 Å². The van der Waals surface area contributed by atoms with E-state index in [0.29, 0.717) is 17.8 Å². The highest BCUT2D eigenvalue weighted by Crippen LogP contribution is 2.18. The lowest BCUT2D eigenvalue weighted by molar-refractivity contribution is -0.908. The highest BCUT2D eigenvalue weighted by Gasteiger charge is 2.24. The molecule has 2 N–H and O–H groups in total. The van der Waals surface area contributed by atoms with Gasteiger partial charge in [-0.1, -0.05) is 24.3 Å². The molecule has 2 atom stereocenters. The molecule has 0 saturated carbocycles. The molecule has 2 aromatic carbocycles. The molecule has 0 aliphatic rings. The van der Waals surface area contributed by atoms with Gasteiger partial charge in [0.05, 0.1) is 11.9 Å². The Morgan fingerprint density at radius 2 is 1.85 bits per heavy atom. The Kier molecular flexibility index (Phi) is 6.69. The highest BCUT2D eigenvalue weighted by atomic mass is 32.2. The maximum Gasteiger partial charge on any atom is 0.282 e. The Hall–Kier alpha value is -2.29. The summed E-state index contributed by atoms with van der Waals surface area (Å²) in [5, 5.41) is 2.74. The van der Waals surface area contributed by atoms with E-state index < -0.39 is 16.1 Å². The molecule has 0 aliphatic carbocycles. The molecule has 1 unspecified atom stereocenters. The van der Waals surface area contributed by atoms with Crippen molar-refractivity contribution in [1.29, 1.82) is 0 Å². The lowest BCUT2D eigenvalue weighted by atomic mass is 10.1. The molecule has 8 heteroatoms. The summed E-state index contributed by atoms with van der Waals surface area (Å²) in [7, 11) is 1.12. The van der Waals surface area contributed by atoms with Gasteiger partial charge in [-0.05, 0) is 31.2 Å². The number of carbonyl (C=O) groups is 1. The Bertz CT molecular complexity index is 916. The number of hydrogen-bond acceptors (Lipinski definition) is 3. The summed E-state index contributed by atoms with van der Waals surface area (Å²) in [6, 6.07) is 12.1. The largest absolute Gasteiger partial charge is 0.324 e. The van der Waals surface area contributed by atoms with Crippen LogP contribution in [0.2, 0.25) is 0 Å². The van der Waals surface area contributed by atoms with Gasteiger partial charge in [-0.15, -0.1) is 0 Å². The number of likely N-dealkylation sites (N-methyl/N-ethyl adjacent to an activating group) is 1. The van der Waals surface area contributed by atoms with Crippen LogP contribution in [0.4, 0.5) is 10.1 Å². The first-order chi connectivity index (χ1) is 12.6. The first-order valence-electron chi connectivity index (χ1n) is 8.52. The van der Waals surface area contributed by atoms with Gasteiger partial charge in [0.1, 0.15) is 12.4 Å². The topological polar surface area (TPSA) is 70.9 Å². The quantitative estimate of drug-likeness (QED) is 0.739. The number of nitrogens with one attached hydrogen (secondary N) is 2. The molecule has 2 rings (SSSR count). The molecule has 0 heterocycles. The molecular formula is C19H25FN3O3S+. The second kappa shape index (κ2) is 8.60. The number of anilines is 1. The molecule has 0 aromatic heterocycles. The van der Waals surface area contributed by atoms with Gasteiger partial charge in [0.2, 0.25) is 10.0 Å². The Morgan fingerprint density at radius 1 is 1.19 bits per heavy atom. The molecule has 0 spiro atoms. The highest BCUT2D eigenvalue weighted by molar-refractivity contribution is 7.89. The fourth-order valence-corrected chi connectivity index (χ4v) is 3.46. The van der Waals surface area contributed by atoms with Crippen LogP contribution in [0.25, 0.3) is 0 Å². The molecule has 0 fully saturated rings. The van der Waals surface area contributed by atoms with Crippen molar-refractivity contribution in [3.8, 4) is 0 Å². The average Bonchev–Trinajstić information content (AvgIpc) is 2.63. The van der Waals surface area contributed by atoms with Crippen molar-refractivity contribution in [3.05, 3.63) is 59.9 Å². The summed E-state index contributed by atoms with van der Waals surface area (Å²) in [4.78, 5) is 13.5. The monoisotopic (exact) mass is 394 g/mol. The zero-order valence-corrected chi connectivity index (χ0v) is 16.7. The molecule has 27 heavy (non-hydrogen) atoms. The normalized spacial score (nSPS) is 14.0. The molecular weight excluding hydrogens is 369 g/mol. The van der Waals surface area contributed by atoms with E-state index >= 15 is 0 Å². The van der Waals surface area contributed by atoms with E-state index in [1.807, 2.05) is 7.05 Å². The minimum atomic E-state index is -3.58. The number of halogens is 1. The van der Waals surface area contributed by atoms with Crippen LogP contribution in [0.5, 0.6) is 0 Å². The van der Waals surface area contributed by atoms with Crippen molar-refractivity contribution >= 4 is 21.6 Å². The van der Waals surface area contributed by atoms with Crippen LogP contribution in [0.15, 0.2) is 53.4 Å². The molecule has 6 nitrogen and oxygen atoms in total. The molecule has 0 aliphatic heterocycles. The number of nitrogens with zero attached hydrogens (tertiary/aromatic N) is 1. The van der Waals surface area contributed by atoms with Crippen molar-refractivity contribution in [2.45, 2.75) is 24.4 Å². The van der Waals surface area contributed by atoms with Gasteiger partial charge in [0, 0.05) is 25.3 Å². The zero-order valence-electron chi connectivity index (χ0n) is 15.9. The number of sulfonamides is 1. The van der Waals surface area contributed by atoms with Crippen LogP contribution in [-0.2, 0) is 21.4 Å². The van der Waals surface area contributed by atoms with Crippen LogP contribution in [0, 0.1) is 5.82 Å². The number of quaternary nitrogens is 1. The summed E-state index contributed by atoms with van der Waals surface area (Å²) < 4.78 is 39.4. The van der Waals surface area contributed by atoms with E-state index in [1.165, 1.54) is 32.3 Å². The number of rotatable bonds is 7. The lowest BCUT2D eigenvalue weighted by Gasteiger charge is -2.21. The fourth-order valence-electron chi connectivity index (χ4n) is 2.51. The van der Waals surface area contributed by atoms with Crippen molar-refractivity contribution in [3.63, 3.8) is 0 Å². The Morgan fingerprint density at radius 3 is 2.48 bits per heavy atom. The van der Waals surface area contributed by atoms with Gasteiger partial charge in [0.15, 0.2) is 6.04 Å². The predicted octanol–water partition coefficient (Wildman–Crippen LogP) is 1.12. The third-order valence-corrected chi connectivity index (χ3v) is 6.25. The van der Waals surface area contributed by atoms with Crippen molar-refractivity contribution in [2.24, 2.45) is 0 Å². The van der Waals surface area contributed by atoms with Crippen LogP contribution in [0.3, 0.4) is 0 Å². The van der Waals surface area contributed by atoms with E-state index in [9.17, 15) is 17.6 Å². The first kappa shape index (κ1) is 21.0. The molecule has 0 saturated heterocycles. The molecule has 0 radical (unpaired) electrons. The fraction of sp³-hybridized carbons (Fsp3) is 0.316. The van der Waals surface area contributed by atoms with E-state index in [-0.39, 0.29) is 16.6 Å². The summed E-state index contributed by atoms with van der Waals surface area (Å²) in [5.74, 6) is -0.575. The maximum atomic E-state index is 13.8. The first-order valence-corrected chi connectivity index (χ1v) is 9.96. The average molecular weight is 394 g/mol. The summed E-state index contributed by atoms with van der Waals surface area (Å²) >= 11 is 0. The van der Waals surface area contributed by atoms with Crippen molar-refractivity contribution in [1.82, 2.24) is 4.31 Å². The minimum absolute atomic E-state index is 0.102. The minimum Gasteiger partial charge on any atom is -0.324 e. The summed E-state index contributed by atoms with van der Waals surface area (Å²) in [6.45, 7) is 2.10. The number of amides is 1. The standard InChI is InChI=1S/C19H24FN3O3S/c1-14(23(4)13-15-8-5-6-11-18(15)20)19(24)21-16-9-7-10-17(12-16)27(25,26)22(2)3/h5-12,14H,13H2,1-4H3,(H,21,24)/p+1/t14-/m1/s1. The molecule has 2 aromatic rings. The van der Waals surface area contributed by atoms with Crippen molar-refractivity contribution in [2.75, 3.05) is 26.5 Å². The summed E-state index contributed by atoms with van der Waals surface area (Å²) in [5.41, 5.74) is 0.933. The Balaban J connectivity index is 2.09. The number of hydrogen-bond donors (Lipinski definition) is 2. The second-order valence-corrected chi connectivity index (χ2v) is 8.79. The van der Waals surface area contributed by atoms with Gasteiger partial charge in [-0.25, -0.2) is 17.1 Å². The number of carbonyl (C=O) groups excluding carboxylic acids is 1. The molecule has 1 amide bonds. The van der Waals surface area contributed by atoms with Gasteiger partial charge < -0.3 is 10.2 Å². The smallest absolute Gasteiger partial charge is 0.282 e. The van der Waals surface area contributed by atoms with E-state index in [0.717, 1.165) is 9.21 Å². The van der Waals surface area contributed by atoms with E-state index in [4.69, 9.17) is 0 Å². The molecule has 146 valence electrons. The van der Waals surface area contributed by atoms with Crippen molar-refractivity contribution < 1.29 is 22.5 Å². The zero-order chi connectivity index (χ0) is 20.2. The number of benzene rings is 2.